The Labute approximate surface area is 183 Å². The maximum absolute atomic E-state index is 5.99. The van der Waals surface area contributed by atoms with Gasteiger partial charge < -0.3 is 25.0 Å². The molecule has 2 saturated heterocycles. The Hall–Kier alpha value is -2.45. The molecule has 2 aliphatic rings. The summed E-state index contributed by atoms with van der Waals surface area (Å²) in [4.78, 5) is 11.5. The van der Waals surface area contributed by atoms with Gasteiger partial charge in [0.25, 0.3) is 0 Å². The zero-order valence-electron chi connectivity index (χ0n) is 17.3. The summed E-state index contributed by atoms with van der Waals surface area (Å²) >= 11 is 5.45. The van der Waals surface area contributed by atoms with Crippen molar-refractivity contribution in [3.05, 3.63) is 36.4 Å². The van der Waals surface area contributed by atoms with E-state index in [1.807, 2.05) is 36.4 Å². The molecule has 8 heteroatoms. The number of hydrogen-bond donors (Lipinski definition) is 2. The van der Waals surface area contributed by atoms with Crippen LogP contribution in [0.5, 0.6) is 11.6 Å². The van der Waals surface area contributed by atoms with Crippen LogP contribution < -0.4 is 20.3 Å². The smallest absolute Gasteiger partial charge is 0.234 e. The van der Waals surface area contributed by atoms with Crippen molar-refractivity contribution in [2.45, 2.75) is 38.7 Å². The van der Waals surface area contributed by atoms with Gasteiger partial charge in [-0.25, -0.2) is 0 Å². The average molecular weight is 428 g/mol. The minimum absolute atomic E-state index is 0.212. The number of para-hydroxylation sites is 1. The molecule has 7 nitrogen and oxygen atoms in total. The number of piperidine rings is 1. The van der Waals surface area contributed by atoms with E-state index >= 15 is 0 Å². The molecule has 160 valence electrons. The van der Waals surface area contributed by atoms with Crippen molar-refractivity contribution in [2.75, 3.05) is 36.5 Å². The van der Waals surface area contributed by atoms with E-state index in [-0.39, 0.29) is 6.10 Å². The number of nitrogens with zero attached hydrogens (tertiary/aromatic N) is 3. The zero-order valence-corrected chi connectivity index (χ0v) is 18.2. The van der Waals surface area contributed by atoms with Crippen LogP contribution in [0.1, 0.15) is 32.6 Å². The van der Waals surface area contributed by atoms with Crippen LogP contribution in [-0.4, -0.2) is 47.4 Å². The lowest BCUT2D eigenvalue weighted by Gasteiger charge is -2.31. The lowest BCUT2D eigenvalue weighted by molar-refractivity contribution is 0.114. The van der Waals surface area contributed by atoms with Gasteiger partial charge in [0.05, 0.1) is 6.10 Å². The molecule has 0 aliphatic carbocycles. The molecule has 30 heavy (non-hydrogen) atoms. The van der Waals surface area contributed by atoms with Crippen molar-refractivity contribution in [2.24, 2.45) is 5.92 Å². The monoisotopic (exact) mass is 427 g/mol. The number of rotatable bonds is 6. The molecule has 2 fully saturated rings. The molecule has 2 N–H and O–H groups in total. The van der Waals surface area contributed by atoms with E-state index in [0.717, 1.165) is 62.9 Å². The normalized spacial score (nSPS) is 19.5. The van der Waals surface area contributed by atoms with E-state index in [1.54, 1.807) is 0 Å². The van der Waals surface area contributed by atoms with E-state index in [1.165, 1.54) is 0 Å². The van der Waals surface area contributed by atoms with Crippen molar-refractivity contribution < 1.29 is 9.47 Å². The third kappa shape index (κ3) is 5.79. The topological polar surface area (TPSA) is 71.5 Å². The van der Waals surface area contributed by atoms with Crippen LogP contribution in [-0.2, 0) is 4.74 Å². The maximum Gasteiger partial charge on any atom is 0.234 e. The van der Waals surface area contributed by atoms with Crippen LogP contribution in [0.25, 0.3) is 0 Å². The summed E-state index contributed by atoms with van der Waals surface area (Å²) in [6, 6.07) is 11.5. The van der Waals surface area contributed by atoms with Crippen molar-refractivity contribution in [3.8, 4) is 11.6 Å². The Kier molecular flexibility index (Phi) is 6.96. The molecule has 4 rings (SSSR count). The summed E-state index contributed by atoms with van der Waals surface area (Å²) in [5, 5.41) is 6.81. The fraction of sp³-hybridized carbons (Fsp3) is 0.500. The first-order chi connectivity index (χ1) is 14.7. The highest BCUT2D eigenvalue weighted by Gasteiger charge is 2.20. The first-order valence-corrected chi connectivity index (χ1v) is 11.1. The van der Waals surface area contributed by atoms with Crippen molar-refractivity contribution in [3.63, 3.8) is 0 Å². The standard InChI is InChI=1S/C22H29N5O2S/c1-16-9-11-27(12-10-16)19-14-20(29-17-6-3-2-4-7-17)25-21(24-19)26-22(30)23-15-18-8-5-13-28-18/h2-4,6-7,14,16,18H,5,8-13,15H2,1H3,(H2,23,24,25,26,30)/t18-/m0/s1. The largest absolute Gasteiger partial charge is 0.439 e. The molecular weight excluding hydrogens is 398 g/mol. The number of benzene rings is 1. The second kappa shape index (κ2) is 10.0. The summed E-state index contributed by atoms with van der Waals surface area (Å²) < 4.78 is 11.6. The first-order valence-electron chi connectivity index (χ1n) is 10.7. The average Bonchev–Trinajstić information content (AvgIpc) is 3.27. The number of thiocarbonyl (C=S) groups is 1. The summed E-state index contributed by atoms with van der Waals surface area (Å²) in [5.41, 5.74) is 0. The molecule has 0 amide bonds. The van der Waals surface area contributed by atoms with Gasteiger partial charge in [0.2, 0.25) is 11.8 Å². The maximum atomic E-state index is 5.99. The van der Waals surface area contributed by atoms with Gasteiger partial charge in [0.15, 0.2) is 5.11 Å². The molecule has 0 spiro atoms. The molecule has 0 radical (unpaired) electrons. The molecule has 0 bridgehead atoms. The predicted octanol–water partition coefficient (Wildman–Crippen LogP) is 3.97. The highest BCUT2D eigenvalue weighted by atomic mass is 32.1. The Morgan fingerprint density at radius 2 is 2.00 bits per heavy atom. The molecule has 1 aromatic carbocycles. The second-order valence-corrected chi connectivity index (χ2v) is 8.35. The molecular formula is C22H29N5O2S. The van der Waals surface area contributed by atoms with E-state index in [0.29, 0.717) is 23.5 Å². The van der Waals surface area contributed by atoms with Gasteiger partial charge in [0.1, 0.15) is 11.6 Å². The molecule has 2 aromatic rings. The Morgan fingerprint density at radius 3 is 2.73 bits per heavy atom. The molecule has 2 aliphatic heterocycles. The molecule has 0 unspecified atom stereocenters. The van der Waals surface area contributed by atoms with Crippen LogP contribution in [0.4, 0.5) is 11.8 Å². The lowest BCUT2D eigenvalue weighted by atomic mass is 9.99. The van der Waals surface area contributed by atoms with E-state index in [9.17, 15) is 0 Å². The molecule has 3 heterocycles. The van der Waals surface area contributed by atoms with Gasteiger partial charge in [-0.15, -0.1) is 0 Å². The zero-order chi connectivity index (χ0) is 20.8. The Balaban J connectivity index is 1.48. The van der Waals surface area contributed by atoms with E-state index < -0.39 is 0 Å². The van der Waals surface area contributed by atoms with Gasteiger partial charge in [-0.1, -0.05) is 25.1 Å². The third-order valence-electron chi connectivity index (χ3n) is 5.50. The van der Waals surface area contributed by atoms with Crippen LogP contribution in [0.2, 0.25) is 0 Å². The fourth-order valence-electron chi connectivity index (χ4n) is 3.69. The van der Waals surface area contributed by atoms with Crippen LogP contribution in [0.15, 0.2) is 36.4 Å². The molecule has 1 aromatic heterocycles. The highest BCUT2D eigenvalue weighted by Crippen LogP contribution is 2.27. The van der Waals surface area contributed by atoms with Crippen LogP contribution in [0, 0.1) is 5.92 Å². The molecule has 1 atom stereocenters. The summed E-state index contributed by atoms with van der Waals surface area (Å²) in [6.45, 7) is 5.76. The van der Waals surface area contributed by atoms with Gasteiger partial charge in [-0.05, 0) is 56.0 Å². The van der Waals surface area contributed by atoms with Gasteiger partial charge in [-0.3, -0.25) is 0 Å². The summed E-state index contributed by atoms with van der Waals surface area (Å²) in [5.74, 6) is 3.26. The number of anilines is 2. The lowest BCUT2D eigenvalue weighted by Crippen LogP contribution is -2.36. The van der Waals surface area contributed by atoms with Gasteiger partial charge in [0, 0.05) is 32.3 Å². The van der Waals surface area contributed by atoms with E-state index in [2.05, 4.69) is 27.4 Å². The van der Waals surface area contributed by atoms with Gasteiger partial charge >= 0.3 is 0 Å². The Bertz CT molecular complexity index is 837. The highest BCUT2D eigenvalue weighted by molar-refractivity contribution is 7.80. The SMILES string of the molecule is CC1CCN(c2cc(Oc3ccccc3)nc(NC(=S)NC[C@@H]3CCCO3)n2)CC1. The van der Waals surface area contributed by atoms with Crippen molar-refractivity contribution >= 4 is 29.1 Å². The predicted molar refractivity (Wildman–Crippen MR) is 122 cm³/mol. The van der Waals surface area contributed by atoms with Crippen LogP contribution in [0.3, 0.4) is 0 Å². The first kappa shape index (κ1) is 20.8. The number of aromatic nitrogens is 2. The number of hydrogen-bond acceptors (Lipinski definition) is 6. The van der Waals surface area contributed by atoms with Gasteiger partial charge in [-0.2, -0.15) is 9.97 Å². The summed E-state index contributed by atoms with van der Waals surface area (Å²) in [7, 11) is 0. The van der Waals surface area contributed by atoms with Crippen molar-refractivity contribution in [1.29, 1.82) is 0 Å². The minimum Gasteiger partial charge on any atom is -0.439 e. The molecule has 0 saturated carbocycles. The van der Waals surface area contributed by atoms with Crippen LogP contribution >= 0.6 is 12.2 Å². The fourth-order valence-corrected chi connectivity index (χ4v) is 3.86. The minimum atomic E-state index is 0.212. The van der Waals surface area contributed by atoms with E-state index in [4.69, 9.17) is 26.7 Å². The number of ether oxygens (including phenoxy) is 2. The Morgan fingerprint density at radius 1 is 1.20 bits per heavy atom. The quantitative estimate of drug-likeness (QED) is 0.671. The van der Waals surface area contributed by atoms with Crippen molar-refractivity contribution in [1.82, 2.24) is 15.3 Å². The number of nitrogens with one attached hydrogen (secondary N) is 2. The third-order valence-corrected chi connectivity index (χ3v) is 5.75. The summed E-state index contributed by atoms with van der Waals surface area (Å²) in [6.07, 6.45) is 4.69. The second-order valence-electron chi connectivity index (χ2n) is 7.94.